The van der Waals surface area contributed by atoms with E-state index in [0.717, 1.165) is 5.69 Å². The zero-order valence-electron chi connectivity index (χ0n) is 11.8. The maximum atomic E-state index is 10.7. The first-order chi connectivity index (χ1) is 8.88. The first-order valence-electron chi connectivity index (χ1n) is 6.40. The molecule has 19 heavy (non-hydrogen) atoms. The molecule has 0 saturated carbocycles. The summed E-state index contributed by atoms with van der Waals surface area (Å²) in [7, 11) is 0. The van der Waals surface area contributed by atoms with Crippen molar-refractivity contribution in [1.29, 1.82) is 0 Å². The van der Waals surface area contributed by atoms with Crippen LogP contribution >= 0.6 is 0 Å². The molecule has 102 valence electrons. The number of benzene rings is 1. The van der Waals surface area contributed by atoms with Gasteiger partial charge in [0.1, 0.15) is 0 Å². The Morgan fingerprint density at radius 2 is 1.89 bits per heavy atom. The van der Waals surface area contributed by atoms with Gasteiger partial charge in [-0.3, -0.25) is 4.79 Å². The van der Waals surface area contributed by atoms with Gasteiger partial charge in [0, 0.05) is 17.6 Å². The second kappa shape index (κ2) is 6.84. The van der Waals surface area contributed by atoms with Gasteiger partial charge in [-0.05, 0) is 32.9 Å². The zero-order valence-corrected chi connectivity index (χ0v) is 11.8. The highest BCUT2D eigenvalue weighted by Gasteiger charge is 2.08. The molecule has 0 aliphatic heterocycles. The van der Waals surface area contributed by atoms with E-state index in [4.69, 9.17) is 5.11 Å². The van der Waals surface area contributed by atoms with Crippen molar-refractivity contribution in [3.63, 3.8) is 0 Å². The van der Waals surface area contributed by atoms with Gasteiger partial charge in [-0.25, -0.2) is 0 Å². The average Bonchev–Trinajstić information content (AvgIpc) is 2.33. The number of hydrogen-bond acceptors (Lipinski definition) is 2. The first-order valence-corrected chi connectivity index (χ1v) is 6.40. The zero-order chi connectivity index (χ0) is 14.3. The molecule has 0 amide bonds. The summed E-state index contributed by atoms with van der Waals surface area (Å²) in [5.74, 6) is 5.51. The maximum Gasteiger partial charge on any atom is 0.305 e. The SMILES string of the molecule is CC(C)(C)C#CCN(CCC(=O)O)c1ccccc1. The molecule has 0 bridgehead atoms. The molecular formula is C16H21NO2. The Kier molecular flexibility index (Phi) is 5.44. The van der Waals surface area contributed by atoms with Crippen molar-refractivity contribution in [2.45, 2.75) is 27.2 Å². The third-order valence-corrected chi connectivity index (χ3v) is 2.45. The van der Waals surface area contributed by atoms with Crippen LogP contribution in [0.4, 0.5) is 5.69 Å². The third-order valence-electron chi connectivity index (χ3n) is 2.45. The van der Waals surface area contributed by atoms with Crippen LogP contribution in [0.5, 0.6) is 0 Å². The van der Waals surface area contributed by atoms with Crippen molar-refractivity contribution in [3.05, 3.63) is 30.3 Å². The topological polar surface area (TPSA) is 40.5 Å². The van der Waals surface area contributed by atoms with Crippen LogP contribution < -0.4 is 4.90 Å². The minimum Gasteiger partial charge on any atom is -0.481 e. The van der Waals surface area contributed by atoms with Crippen molar-refractivity contribution in [2.75, 3.05) is 18.0 Å². The summed E-state index contributed by atoms with van der Waals surface area (Å²) in [4.78, 5) is 12.7. The third kappa shape index (κ3) is 6.52. The van der Waals surface area contributed by atoms with E-state index in [9.17, 15) is 4.79 Å². The van der Waals surface area contributed by atoms with Crippen LogP contribution in [0.3, 0.4) is 0 Å². The molecule has 1 rings (SSSR count). The van der Waals surface area contributed by atoms with Crippen LogP contribution in [0.25, 0.3) is 0 Å². The predicted octanol–water partition coefficient (Wildman–Crippen LogP) is 3.02. The van der Waals surface area contributed by atoms with Gasteiger partial charge in [0.2, 0.25) is 0 Å². The number of anilines is 1. The minimum absolute atomic E-state index is 0.0326. The molecule has 0 aromatic heterocycles. The summed E-state index contributed by atoms with van der Waals surface area (Å²) in [6, 6.07) is 9.78. The molecular weight excluding hydrogens is 238 g/mol. The Labute approximate surface area is 115 Å². The van der Waals surface area contributed by atoms with Crippen molar-refractivity contribution in [2.24, 2.45) is 5.41 Å². The molecule has 0 radical (unpaired) electrons. The highest BCUT2D eigenvalue weighted by atomic mass is 16.4. The number of aliphatic carboxylic acids is 1. The van der Waals surface area contributed by atoms with E-state index in [1.807, 2.05) is 35.2 Å². The van der Waals surface area contributed by atoms with E-state index in [-0.39, 0.29) is 11.8 Å². The largest absolute Gasteiger partial charge is 0.481 e. The normalized spacial score (nSPS) is 10.5. The first kappa shape index (κ1) is 15.1. The lowest BCUT2D eigenvalue weighted by atomic mass is 9.98. The van der Waals surface area contributed by atoms with Crippen molar-refractivity contribution < 1.29 is 9.90 Å². The molecule has 3 heteroatoms. The van der Waals surface area contributed by atoms with Crippen LogP contribution in [-0.4, -0.2) is 24.2 Å². The summed E-state index contributed by atoms with van der Waals surface area (Å²) >= 11 is 0. The smallest absolute Gasteiger partial charge is 0.305 e. The second-order valence-corrected chi connectivity index (χ2v) is 5.45. The van der Waals surface area contributed by atoms with Crippen LogP contribution in [0.1, 0.15) is 27.2 Å². The summed E-state index contributed by atoms with van der Waals surface area (Å²) in [5.41, 5.74) is 0.974. The summed E-state index contributed by atoms with van der Waals surface area (Å²) < 4.78 is 0. The van der Waals surface area contributed by atoms with Crippen molar-refractivity contribution in [3.8, 4) is 11.8 Å². The quantitative estimate of drug-likeness (QED) is 0.826. The molecule has 0 saturated heterocycles. The standard InChI is InChI=1S/C16H21NO2/c1-16(2,3)11-7-12-17(13-10-15(18)19)14-8-5-4-6-9-14/h4-6,8-9H,10,12-13H2,1-3H3,(H,18,19). The molecule has 1 N–H and O–H groups in total. The Bertz CT molecular complexity index is 463. The van der Waals surface area contributed by atoms with E-state index in [2.05, 4.69) is 32.6 Å². The number of para-hydroxylation sites is 1. The number of carbonyl (C=O) groups is 1. The molecule has 0 aliphatic rings. The van der Waals surface area contributed by atoms with Gasteiger partial charge in [-0.2, -0.15) is 0 Å². The van der Waals surface area contributed by atoms with Crippen molar-refractivity contribution in [1.82, 2.24) is 0 Å². The molecule has 0 atom stereocenters. The lowest BCUT2D eigenvalue weighted by Crippen LogP contribution is -2.26. The average molecular weight is 259 g/mol. The summed E-state index contributed by atoms with van der Waals surface area (Å²) in [6.07, 6.45) is 0.117. The van der Waals surface area contributed by atoms with Crippen LogP contribution in [0, 0.1) is 17.3 Å². The van der Waals surface area contributed by atoms with Crippen LogP contribution in [0.2, 0.25) is 0 Å². The Morgan fingerprint density at radius 3 is 2.42 bits per heavy atom. The van der Waals surface area contributed by atoms with E-state index in [0.29, 0.717) is 13.1 Å². The molecule has 1 aromatic carbocycles. The van der Waals surface area contributed by atoms with Gasteiger partial charge in [0.15, 0.2) is 0 Å². The fourth-order valence-corrected chi connectivity index (χ4v) is 1.57. The molecule has 0 fully saturated rings. The van der Waals surface area contributed by atoms with Gasteiger partial charge in [-0.1, -0.05) is 30.0 Å². The van der Waals surface area contributed by atoms with Gasteiger partial charge in [0.25, 0.3) is 0 Å². The van der Waals surface area contributed by atoms with E-state index in [1.165, 1.54) is 0 Å². The summed E-state index contributed by atoms with van der Waals surface area (Å²) in [6.45, 7) is 7.20. The number of nitrogens with zero attached hydrogens (tertiary/aromatic N) is 1. The van der Waals surface area contributed by atoms with Crippen LogP contribution in [0.15, 0.2) is 30.3 Å². The number of hydrogen-bond donors (Lipinski definition) is 1. The Morgan fingerprint density at radius 1 is 1.26 bits per heavy atom. The molecule has 3 nitrogen and oxygen atoms in total. The van der Waals surface area contributed by atoms with Crippen molar-refractivity contribution >= 4 is 11.7 Å². The van der Waals surface area contributed by atoms with Gasteiger partial charge in [0.05, 0.1) is 13.0 Å². The molecule has 1 aromatic rings. The highest BCUT2D eigenvalue weighted by Crippen LogP contribution is 2.14. The maximum absolute atomic E-state index is 10.7. The fourth-order valence-electron chi connectivity index (χ4n) is 1.57. The van der Waals surface area contributed by atoms with E-state index < -0.39 is 5.97 Å². The van der Waals surface area contributed by atoms with Gasteiger partial charge >= 0.3 is 5.97 Å². The minimum atomic E-state index is -0.787. The number of carboxylic acid groups (broad SMARTS) is 1. The van der Waals surface area contributed by atoms with Crippen LogP contribution in [-0.2, 0) is 4.79 Å². The van der Waals surface area contributed by atoms with E-state index >= 15 is 0 Å². The van der Waals surface area contributed by atoms with Gasteiger partial charge < -0.3 is 10.0 Å². The monoisotopic (exact) mass is 259 g/mol. The lowest BCUT2D eigenvalue weighted by molar-refractivity contribution is -0.136. The Balaban J connectivity index is 2.75. The Hall–Kier alpha value is -1.95. The highest BCUT2D eigenvalue weighted by molar-refractivity contribution is 5.67. The number of carboxylic acids is 1. The molecule has 0 unspecified atom stereocenters. The number of rotatable bonds is 5. The predicted molar refractivity (Wildman–Crippen MR) is 78.1 cm³/mol. The van der Waals surface area contributed by atoms with Gasteiger partial charge in [-0.15, -0.1) is 0 Å². The molecule has 0 heterocycles. The fraction of sp³-hybridized carbons (Fsp3) is 0.438. The summed E-state index contributed by atoms with van der Waals surface area (Å²) in [5, 5.41) is 8.80. The lowest BCUT2D eigenvalue weighted by Gasteiger charge is -2.21. The molecule has 0 aliphatic carbocycles. The second-order valence-electron chi connectivity index (χ2n) is 5.45. The van der Waals surface area contributed by atoms with E-state index in [1.54, 1.807) is 0 Å². The molecule has 0 spiro atoms.